The highest BCUT2D eigenvalue weighted by Crippen LogP contribution is 2.17. The normalized spacial score (nSPS) is 11.2. The van der Waals surface area contributed by atoms with E-state index in [2.05, 4.69) is 11.8 Å². The average Bonchev–Trinajstić information content (AvgIpc) is 2.98. The monoisotopic (exact) mass is 304 g/mol. The van der Waals surface area contributed by atoms with Crippen LogP contribution in [0.3, 0.4) is 0 Å². The molecule has 0 atom stereocenters. The SMILES string of the molecule is CN(Cc1ccoc1)S(=O)(=O)c1ccc(C#CCN)cc1. The van der Waals surface area contributed by atoms with Crippen LogP contribution >= 0.6 is 0 Å². The van der Waals surface area contributed by atoms with Gasteiger partial charge in [0.2, 0.25) is 10.0 Å². The Balaban J connectivity index is 2.18. The van der Waals surface area contributed by atoms with E-state index in [0.717, 1.165) is 11.1 Å². The Bertz CT molecular complexity index is 738. The quantitative estimate of drug-likeness (QED) is 0.867. The van der Waals surface area contributed by atoms with Crippen molar-refractivity contribution in [2.45, 2.75) is 11.4 Å². The zero-order chi connectivity index (χ0) is 15.3. The summed E-state index contributed by atoms with van der Waals surface area (Å²) < 4.78 is 31.1. The van der Waals surface area contributed by atoms with E-state index >= 15 is 0 Å². The van der Waals surface area contributed by atoms with E-state index in [-0.39, 0.29) is 18.0 Å². The van der Waals surface area contributed by atoms with Gasteiger partial charge in [0.15, 0.2) is 0 Å². The zero-order valence-corrected chi connectivity index (χ0v) is 12.4. The van der Waals surface area contributed by atoms with E-state index in [0.29, 0.717) is 0 Å². The summed E-state index contributed by atoms with van der Waals surface area (Å²) in [7, 11) is -2.00. The van der Waals surface area contributed by atoms with Gasteiger partial charge in [-0.25, -0.2) is 8.42 Å². The molecule has 0 aliphatic carbocycles. The standard InChI is InChI=1S/C15H16N2O3S/c1-17(11-14-8-10-20-12-14)21(18,19)15-6-4-13(5-7-15)3-2-9-16/h4-8,10,12H,9,11,16H2,1H3. The molecular formula is C15H16N2O3S. The molecule has 5 nitrogen and oxygen atoms in total. The zero-order valence-electron chi connectivity index (χ0n) is 11.6. The first kappa shape index (κ1) is 15.3. The summed E-state index contributed by atoms with van der Waals surface area (Å²) >= 11 is 0. The number of hydrogen-bond donors (Lipinski definition) is 1. The van der Waals surface area contributed by atoms with Crippen molar-refractivity contribution in [3.05, 3.63) is 54.0 Å². The van der Waals surface area contributed by atoms with Crippen LogP contribution < -0.4 is 5.73 Å². The van der Waals surface area contributed by atoms with Gasteiger partial charge in [-0.05, 0) is 30.3 Å². The van der Waals surface area contributed by atoms with Gasteiger partial charge in [-0.1, -0.05) is 11.8 Å². The first-order chi connectivity index (χ1) is 10.0. The number of hydrogen-bond acceptors (Lipinski definition) is 4. The molecule has 0 unspecified atom stereocenters. The minimum atomic E-state index is -3.53. The van der Waals surface area contributed by atoms with Gasteiger partial charge < -0.3 is 10.2 Å². The highest BCUT2D eigenvalue weighted by molar-refractivity contribution is 7.89. The lowest BCUT2D eigenvalue weighted by atomic mass is 10.2. The minimum Gasteiger partial charge on any atom is -0.472 e. The summed E-state index contributed by atoms with van der Waals surface area (Å²) in [5.74, 6) is 5.58. The van der Waals surface area contributed by atoms with Crippen molar-refractivity contribution in [1.29, 1.82) is 0 Å². The van der Waals surface area contributed by atoms with Crippen molar-refractivity contribution in [3.63, 3.8) is 0 Å². The van der Waals surface area contributed by atoms with E-state index in [1.807, 2.05) is 0 Å². The largest absolute Gasteiger partial charge is 0.472 e. The smallest absolute Gasteiger partial charge is 0.243 e. The Hall–Kier alpha value is -2.07. The molecule has 21 heavy (non-hydrogen) atoms. The fourth-order valence-corrected chi connectivity index (χ4v) is 2.93. The van der Waals surface area contributed by atoms with Crippen LogP contribution in [0.1, 0.15) is 11.1 Å². The Morgan fingerprint density at radius 2 is 1.95 bits per heavy atom. The Labute approximate surface area is 124 Å². The first-order valence-corrected chi connectivity index (χ1v) is 7.74. The molecule has 0 aliphatic rings. The molecule has 2 rings (SSSR count). The number of nitrogens with two attached hydrogens (primary N) is 1. The molecule has 1 aromatic carbocycles. The molecule has 2 N–H and O–H groups in total. The third-order valence-corrected chi connectivity index (χ3v) is 4.70. The summed E-state index contributed by atoms with van der Waals surface area (Å²) in [6.07, 6.45) is 3.04. The predicted octanol–water partition coefficient (Wildman–Crippen LogP) is 1.41. The average molecular weight is 304 g/mol. The number of sulfonamides is 1. The van der Waals surface area contributed by atoms with Gasteiger partial charge in [0.25, 0.3) is 0 Å². The van der Waals surface area contributed by atoms with E-state index in [1.54, 1.807) is 30.3 Å². The maximum Gasteiger partial charge on any atom is 0.243 e. The molecule has 2 aromatic rings. The molecule has 0 fully saturated rings. The topological polar surface area (TPSA) is 76.5 Å². The van der Waals surface area contributed by atoms with Gasteiger partial charge in [-0.15, -0.1) is 0 Å². The lowest BCUT2D eigenvalue weighted by Crippen LogP contribution is -2.26. The summed E-state index contributed by atoms with van der Waals surface area (Å²) in [6.45, 7) is 0.529. The third-order valence-electron chi connectivity index (χ3n) is 2.88. The van der Waals surface area contributed by atoms with Crippen molar-refractivity contribution in [2.75, 3.05) is 13.6 Å². The van der Waals surface area contributed by atoms with Gasteiger partial charge >= 0.3 is 0 Å². The van der Waals surface area contributed by atoms with Crippen LogP contribution in [-0.2, 0) is 16.6 Å². The highest BCUT2D eigenvalue weighted by atomic mass is 32.2. The van der Waals surface area contributed by atoms with Crippen molar-refractivity contribution < 1.29 is 12.8 Å². The molecule has 0 radical (unpaired) electrons. The van der Waals surface area contributed by atoms with Crippen molar-refractivity contribution in [3.8, 4) is 11.8 Å². The number of benzene rings is 1. The maximum absolute atomic E-state index is 12.4. The number of furan rings is 1. The van der Waals surface area contributed by atoms with Crippen molar-refractivity contribution in [2.24, 2.45) is 5.73 Å². The second kappa shape index (κ2) is 6.59. The highest BCUT2D eigenvalue weighted by Gasteiger charge is 2.20. The molecule has 1 aromatic heterocycles. The second-order valence-corrected chi connectivity index (χ2v) is 6.47. The van der Waals surface area contributed by atoms with E-state index < -0.39 is 10.0 Å². The van der Waals surface area contributed by atoms with Gasteiger partial charge in [0, 0.05) is 24.7 Å². The Morgan fingerprint density at radius 3 is 2.52 bits per heavy atom. The molecule has 1 heterocycles. The second-order valence-electron chi connectivity index (χ2n) is 4.42. The summed E-state index contributed by atoms with van der Waals surface area (Å²) in [5.41, 5.74) is 6.83. The lowest BCUT2D eigenvalue weighted by molar-refractivity contribution is 0.463. The van der Waals surface area contributed by atoms with Crippen LogP contribution in [-0.4, -0.2) is 26.3 Å². The van der Waals surface area contributed by atoms with Gasteiger partial charge in [-0.3, -0.25) is 0 Å². The summed E-state index contributed by atoms with van der Waals surface area (Å²) in [6, 6.07) is 8.16. The third kappa shape index (κ3) is 3.73. The van der Waals surface area contributed by atoms with Gasteiger partial charge in [0.1, 0.15) is 0 Å². The Morgan fingerprint density at radius 1 is 1.24 bits per heavy atom. The van der Waals surface area contributed by atoms with E-state index in [9.17, 15) is 8.42 Å². The number of nitrogens with zero attached hydrogens (tertiary/aromatic N) is 1. The fourth-order valence-electron chi connectivity index (χ4n) is 1.77. The van der Waals surface area contributed by atoms with Crippen LogP contribution in [0.5, 0.6) is 0 Å². The van der Waals surface area contributed by atoms with Crippen LogP contribution in [0.2, 0.25) is 0 Å². The first-order valence-electron chi connectivity index (χ1n) is 6.30. The van der Waals surface area contributed by atoms with Crippen LogP contribution in [0, 0.1) is 11.8 Å². The molecule has 0 saturated carbocycles. The molecule has 0 saturated heterocycles. The number of rotatable bonds is 4. The summed E-state index contributed by atoms with van der Waals surface area (Å²) in [5, 5.41) is 0. The van der Waals surface area contributed by atoms with Crippen LogP contribution in [0.25, 0.3) is 0 Å². The molecular weight excluding hydrogens is 288 g/mol. The molecule has 0 amide bonds. The van der Waals surface area contributed by atoms with Crippen molar-refractivity contribution in [1.82, 2.24) is 4.31 Å². The van der Waals surface area contributed by atoms with E-state index in [4.69, 9.17) is 10.2 Å². The summed E-state index contributed by atoms with van der Waals surface area (Å²) in [4.78, 5) is 0.229. The van der Waals surface area contributed by atoms with Gasteiger partial charge in [-0.2, -0.15) is 4.31 Å². The molecule has 6 heteroatoms. The van der Waals surface area contributed by atoms with E-state index in [1.165, 1.54) is 23.9 Å². The maximum atomic E-state index is 12.4. The van der Waals surface area contributed by atoms with Crippen LogP contribution in [0.15, 0.2) is 52.2 Å². The molecule has 0 bridgehead atoms. The molecule has 0 aliphatic heterocycles. The molecule has 0 spiro atoms. The predicted molar refractivity (Wildman–Crippen MR) is 79.7 cm³/mol. The minimum absolute atomic E-state index is 0.229. The van der Waals surface area contributed by atoms with Crippen LogP contribution in [0.4, 0.5) is 0 Å². The Kier molecular flexibility index (Phi) is 4.81. The molecule has 110 valence electrons. The lowest BCUT2D eigenvalue weighted by Gasteiger charge is -2.16. The fraction of sp³-hybridized carbons (Fsp3) is 0.200. The van der Waals surface area contributed by atoms with Crippen molar-refractivity contribution >= 4 is 10.0 Å². The van der Waals surface area contributed by atoms with Gasteiger partial charge in [0.05, 0.1) is 24.0 Å².